The Kier molecular flexibility index (Phi) is 2.90. The van der Waals surface area contributed by atoms with Crippen LogP contribution >= 0.6 is 15.9 Å². The number of hydrogen-bond donors (Lipinski definition) is 2. The Labute approximate surface area is 105 Å². The van der Waals surface area contributed by atoms with E-state index in [1.165, 1.54) is 36.9 Å². The summed E-state index contributed by atoms with van der Waals surface area (Å²) >= 11 is 3.53. The van der Waals surface area contributed by atoms with Crippen LogP contribution in [0.2, 0.25) is 0 Å². The van der Waals surface area contributed by atoms with E-state index in [2.05, 4.69) is 44.8 Å². The van der Waals surface area contributed by atoms with E-state index in [0.717, 1.165) is 17.1 Å². The minimum atomic E-state index is 0.551. The number of hydrogen-bond acceptors (Lipinski definition) is 2. The predicted octanol–water partition coefficient (Wildman–Crippen LogP) is 3.45. The Balaban J connectivity index is 1.81. The van der Waals surface area contributed by atoms with Crippen LogP contribution in [0, 0.1) is 0 Å². The number of anilines is 1. The summed E-state index contributed by atoms with van der Waals surface area (Å²) < 4.78 is 1.16. The molecule has 1 aromatic carbocycles. The fourth-order valence-electron chi connectivity index (χ4n) is 2.52. The molecule has 0 spiro atoms. The minimum absolute atomic E-state index is 0.551. The second-order valence-corrected chi connectivity index (χ2v) is 5.71. The molecule has 0 amide bonds. The molecule has 1 heterocycles. The van der Waals surface area contributed by atoms with Crippen molar-refractivity contribution in [1.29, 1.82) is 0 Å². The molecule has 1 unspecified atom stereocenters. The van der Waals surface area contributed by atoms with Gasteiger partial charge in [0, 0.05) is 28.8 Å². The van der Waals surface area contributed by atoms with Gasteiger partial charge >= 0.3 is 0 Å². The van der Waals surface area contributed by atoms with Crippen LogP contribution in [-0.4, -0.2) is 12.6 Å². The fraction of sp³-hybridized carbons (Fsp3) is 0.538. The number of benzene rings is 1. The first-order valence-corrected chi connectivity index (χ1v) is 6.91. The third-order valence-corrected chi connectivity index (χ3v) is 4.17. The molecule has 2 aliphatic rings. The maximum absolute atomic E-state index is 3.78. The Morgan fingerprint density at radius 1 is 1.25 bits per heavy atom. The van der Waals surface area contributed by atoms with Gasteiger partial charge in [0.2, 0.25) is 0 Å². The van der Waals surface area contributed by atoms with Crippen molar-refractivity contribution >= 4 is 21.6 Å². The zero-order valence-corrected chi connectivity index (χ0v) is 10.9. The smallest absolute Gasteiger partial charge is 0.0400 e. The summed E-state index contributed by atoms with van der Waals surface area (Å²) in [6.45, 7) is 1.08. The highest BCUT2D eigenvalue weighted by Crippen LogP contribution is 2.33. The van der Waals surface area contributed by atoms with Gasteiger partial charge in [-0.25, -0.2) is 0 Å². The van der Waals surface area contributed by atoms with E-state index >= 15 is 0 Å². The van der Waals surface area contributed by atoms with E-state index in [-0.39, 0.29) is 0 Å². The van der Waals surface area contributed by atoms with Crippen molar-refractivity contribution in [2.75, 3.05) is 11.9 Å². The molecule has 0 aromatic heterocycles. The predicted molar refractivity (Wildman–Crippen MR) is 70.8 cm³/mol. The Morgan fingerprint density at radius 3 is 2.88 bits per heavy atom. The van der Waals surface area contributed by atoms with Crippen LogP contribution in [0.1, 0.15) is 37.3 Å². The van der Waals surface area contributed by atoms with Crippen molar-refractivity contribution in [2.24, 2.45) is 0 Å². The molecule has 0 bridgehead atoms. The van der Waals surface area contributed by atoms with Gasteiger partial charge in [-0.1, -0.05) is 28.4 Å². The van der Waals surface area contributed by atoms with Crippen LogP contribution in [0.4, 0.5) is 5.69 Å². The summed E-state index contributed by atoms with van der Waals surface area (Å²) in [6, 6.07) is 7.88. The lowest BCUT2D eigenvalue weighted by Gasteiger charge is -2.35. The average Bonchev–Trinajstić information content (AvgIpc) is 2.23. The van der Waals surface area contributed by atoms with Gasteiger partial charge in [0.15, 0.2) is 0 Å². The van der Waals surface area contributed by atoms with Crippen LogP contribution in [0.5, 0.6) is 0 Å². The molecule has 1 saturated carbocycles. The summed E-state index contributed by atoms with van der Waals surface area (Å²) in [5.74, 6) is 0. The largest absolute Gasteiger partial charge is 0.385 e. The van der Waals surface area contributed by atoms with Gasteiger partial charge in [0.05, 0.1) is 0 Å². The third kappa shape index (κ3) is 1.98. The molecule has 3 heteroatoms. The summed E-state index contributed by atoms with van der Waals surface area (Å²) in [6.07, 6.45) is 5.31. The van der Waals surface area contributed by atoms with E-state index in [0.29, 0.717) is 6.04 Å². The molecule has 1 fully saturated rings. The quantitative estimate of drug-likeness (QED) is 0.867. The Bertz CT molecular complexity index is 388. The summed E-state index contributed by atoms with van der Waals surface area (Å²) in [7, 11) is 0. The highest BCUT2D eigenvalue weighted by atomic mass is 79.9. The zero-order chi connectivity index (χ0) is 11.0. The second-order valence-electron chi connectivity index (χ2n) is 4.79. The van der Waals surface area contributed by atoms with Gasteiger partial charge in [-0.3, -0.25) is 0 Å². The normalized spacial score (nSPS) is 24.4. The van der Waals surface area contributed by atoms with Crippen molar-refractivity contribution < 1.29 is 0 Å². The van der Waals surface area contributed by atoms with E-state index in [1.54, 1.807) is 0 Å². The molecule has 2 nitrogen and oxygen atoms in total. The monoisotopic (exact) mass is 280 g/mol. The Morgan fingerprint density at radius 2 is 2.12 bits per heavy atom. The molecular weight excluding hydrogens is 264 g/mol. The topological polar surface area (TPSA) is 24.1 Å². The van der Waals surface area contributed by atoms with Crippen molar-refractivity contribution in [3.8, 4) is 0 Å². The Hall–Kier alpha value is -0.540. The minimum Gasteiger partial charge on any atom is -0.385 e. The first kappa shape index (κ1) is 10.6. The molecule has 2 N–H and O–H groups in total. The highest BCUT2D eigenvalue weighted by molar-refractivity contribution is 9.10. The van der Waals surface area contributed by atoms with Gasteiger partial charge in [-0.05, 0) is 37.0 Å². The van der Waals surface area contributed by atoms with Crippen LogP contribution < -0.4 is 10.6 Å². The van der Waals surface area contributed by atoms with Gasteiger partial charge in [0.1, 0.15) is 0 Å². The first-order chi connectivity index (χ1) is 7.83. The molecule has 1 aliphatic heterocycles. The lowest BCUT2D eigenvalue weighted by Crippen LogP contribution is -2.40. The SMILES string of the molecule is Brc1ccc2c(c1)NCCC2NC1CCC1. The third-order valence-electron chi connectivity index (χ3n) is 3.68. The van der Waals surface area contributed by atoms with E-state index in [1.807, 2.05) is 0 Å². The molecule has 86 valence electrons. The molecule has 1 aromatic rings. The fourth-order valence-corrected chi connectivity index (χ4v) is 2.89. The van der Waals surface area contributed by atoms with Gasteiger partial charge in [0.25, 0.3) is 0 Å². The molecular formula is C13H17BrN2. The number of fused-ring (bicyclic) bond motifs is 1. The lowest BCUT2D eigenvalue weighted by molar-refractivity contribution is 0.298. The second kappa shape index (κ2) is 4.38. The van der Waals surface area contributed by atoms with Gasteiger partial charge < -0.3 is 10.6 Å². The summed E-state index contributed by atoms with van der Waals surface area (Å²) in [4.78, 5) is 0. The van der Waals surface area contributed by atoms with Crippen LogP contribution in [0.25, 0.3) is 0 Å². The van der Waals surface area contributed by atoms with Crippen molar-refractivity contribution in [2.45, 2.75) is 37.8 Å². The van der Waals surface area contributed by atoms with Crippen LogP contribution in [0.3, 0.4) is 0 Å². The molecule has 0 saturated heterocycles. The number of halogens is 1. The number of nitrogens with one attached hydrogen (secondary N) is 2. The van der Waals surface area contributed by atoms with Gasteiger partial charge in [-0.2, -0.15) is 0 Å². The molecule has 16 heavy (non-hydrogen) atoms. The van der Waals surface area contributed by atoms with Gasteiger partial charge in [-0.15, -0.1) is 0 Å². The molecule has 3 rings (SSSR count). The van der Waals surface area contributed by atoms with Crippen molar-refractivity contribution in [1.82, 2.24) is 5.32 Å². The summed E-state index contributed by atoms with van der Waals surface area (Å²) in [5, 5.41) is 7.25. The van der Waals surface area contributed by atoms with E-state index in [9.17, 15) is 0 Å². The maximum atomic E-state index is 3.78. The van der Waals surface area contributed by atoms with Crippen molar-refractivity contribution in [3.63, 3.8) is 0 Å². The average molecular weight is 281 g/mol. The molecule has 1 atom stereocenters. The van der Waals surface area contributed by atoms with E-state index < -0.39 is 0 Å². The standard InChI is InChI=1S/C13H17BrN2/c14-9-4-5-11-12(16-10-2-1-3-10)6-7-15-13(11)8-9/h4-5,8,10,12,15-16H,1-3,6-7H2. The highest BCUT2D eigenvalue weighted by Gasteiger charge is 2.25. The van der Waals surface area contributed by atoms with Crippen LogP contribution in [0.15, 0.2) is 22.7 Å². The maximum Gasteiger partial charge on any atom is 0.0400 e. The summed E-state index contributed by atoms with van der Waals surface area (Å²) in [5.41, 5.74) is 2.72. The first-order valence-electron chi connectivity index (χ1n) is 6.12. The molecule has 1 aliphatic carbocycles. The van der Waals surface area contributed by atoms with Crippen LogP contribution in [-0.2, 0) is 0 Å². The zero-order valence-electron chi connectivity index (χ0n) is 9.30. The van der Waals surface area contributed by atoms with E-state index in [4.69, 9.17) is 0 Å². The lowest BCUT2D eigenvalue weighted by atomic mass is 9.89. The molecule has 0 radical (unpaired) electrons. The number of rotatable bonds is 2. The van der Waals surface area contributed by atoms with Crippen molar-refractivity contribution in [3.05, 3.63) is 28.2 Å².